The fourth-order valence-electron chi connectivity index (χ4n) is 2.61. The Morgan fingerprint density at radius 1 is 1.58 bits per heavy atom. The van der Waals surface area contributed by atoms with Gasteiger partial charge in [0, 0.05) is 44.5 Å². The molecule has 2 heterocycles. The average Bonchev–Trinajstić information content (AvgIpc) is 2.83. The first-order valence-electron chi connectivity index (χ1n) is 6.80. The lowest BCUT2D eigenvalue weighted by molar-refractivity contribution is -0.135. The molecule has 0 radical (unpaired) electrons. The van der Waals surface area contributed by atoms with Crippen molar-refractivity contribution in [2.24, 2.45) is 12.8 Å². The number of nitrogens with zero attached hydrogens (tertiary/aromatic N) is 4. The van der Waals surface area contributed by atoms with Crippen LogP contribution in [-0.2, 0) is 11.8 Å². The summed E-state index contributed by atoms with van der Waals surface area (Å²) in [5.41, 5.74) is 6.81. The highest BCUT2D eigenvalue weighted by Gasteiger charge is 2.29. The Morgan fingerprint density at radius 3 is 2.84 bits per heavy atom. The molecule has 0 aliphatic carbocycles. The molecule has 6 nitrogen and oxygen atoms in total. The van der Waals surface area contributed by atoms with E-state index in [-0.39, 0.29) is 5.91 Å². The van der Waals surface area contributed by atoms with E-state index in [9.17, 15) is 4.79 Å². The zero-order valence-electron chi connectivity index (χ0n) is 11.9. The van der Waals surface area contributed by atoms with E-state index >= 15 is 0 Å². The lowest BCUT2D eigenvalue weighted by Crippen LogP contribution is -2.55. The smallest absolute Gasteiger partial charge is 0.244 e. The van der Waals surface area contributed by atoms with Gasteiger partial charge in [-0.05, 0) is 13.5 Å². The van der Waals surface area contributed by atoms with Gasteiger partial charge in [-0.3, -0.25) is 14.4 Å². The van der Waals surface area contributed by atoms with Gasteiger partial charge in [-0.2, -0.15) is 5.10 Å². The first-order valence-corrected chi connectivity index (χ1v) is 6.80. The molecule has 0 spiro atoms. The highest BCUT2D eigenvalue weighted by atomic mass is 16.2. The Labute approximate surface area is 114 Å². The number of rotatable bonds is 3. The molecule has 1 aromatic rings. The van der Waals surface area contributed by atoms with Gasteiger partial charge in [0.25, 0.3) is 0 Å². The Hall–Kier alpha value is -1.40. The van der Waals surface area contributed by atoms with Crippen LogP contribution >= 0.6 is 0 Å². The minimum absolute atomic E-state index is 0.00407. The largest absolute Gasteiger partial charge is 0.338 e. The molecule has 1 fully saturated rings. The molecule has 2 unspecified atom stereocenters. The fraction of sp³-hybridized carbons (Fsp3) is 0.692. The lowest BCUT2D eigenvalue weighted by atomic mass is 10.1. The number of aryl methyl sites for hydroxylation is 1. The number of amides is 1. The van der Waals surface area contributed by atoms with Crippen molar-refractivity contribution in [1.29, 1.82) is 0 Å². The summed E-state index contributed by atoms with van der Waals surface area (Å²) in [5.74, 6) is -0.00407. The SMILES string of the molecule is CCN1CCN(C(=O)C(N)c2cnn(C)c2)CC1C. The maximum Gasteiger partial charge on any atom is 0.244 e. The van der Waals surface area contributed by atoms with Gasteiger partial charge in [0.2, 0.25) is 5.91 Å². The van der Waals surface area contributed by atoms with Gasteiger partial charge in [-0.25, -0.2) is 0 Å². The third-order valence-electron chi connectivity index (χ3n) is 3.83. The van der Waals surface area contributed by atoms with E-state index in [1.165, 1.54) is 0 Å². The quantitative estimate of drug-likeness (QED) is 0.833. The summed E-state index contributed by atoms with van der Waals surface area (Å²) >= 11 is 0. The molecule has 0 bridgehead atoms. The van der Waals surface area contributed by atoms with Crippen molar-refractivity contribution >= 4 is 5.91 Å². The van der Waals surface area contributed by atoms with Gasteiger partial charge < -0.3 is 10.6 Å². The molecule has 2 rings (SSSR count). The molecule has 106 valence electrons. The Balaban J connectivity index is 2.00. The molecule has 0 aromatic carbocycles. The number of likely N-dealkylation sites (N-methyl/N-ethyl adjacent to an activating group) is 1. The molecule has 1 aromatic heterocycles. The number of hydrogen-bond donors (Lipinski definition) is 1. The van der Waals surface area contributed by atoms with Crippen LogP contribution in [-0.4, -0.2) is 57.7 Å². The maximum atomic E-state index is 12.4. The number of hydrogen-bond acceptors (Lipinski definition) is 4. The first-order chi connectivity index (χ1) is 9.02. The van der Waals surface area contributed by atoms with Gasteiger partial charge in [0.15, 0.2) is 0 Å². The van der Waals surface area contributed by atoms with Gasteiger partial charge in [-0.15, -0.1) is 0 Å². The Morgan fingerprint density at radius 2 is 2.32 bits per heavy atom. The number of piperazine rings is 1. The molecule has 19 heavy (non-hydrogen) atoms. The third-order valence-corrected chi connectivity index (χ3v) is 3.83. The molecule has 1 aliphatic heterocycles. The highest BCUT2D eigenvalue weighted by Crippen LogP contribution is 2.16. The van der Waals surface area contributed by atoms with Gasteiger partial charge in [-0.1, -0.05) is 6.92 Å². The summed E-state index contributed by atoms with van der Waals surface area (Å²) in [4.78, 5) is 16.6. The number of nitrogens with two attached hydrogens (primary N) is 1. The number of aromatic nitrogens is 2. The molecule has 0 saturated carbocycles. The van der Waals surface area contributed by atoms with Gasteiger partial charge >= 0.3 is 0 Å². The van der Waals surface area contributed by atoms with Gasteiger partial charge in [0.1, 0.15) is 6.04 Å². The van der Waals surface area contributed by atoms with Crippen LogP contribution in [0.25, 0.3) is 0 Å². The van der Waals surface area contributed by atoms with Crippen molar-refractivity contribution in [2.45, 2.75) is 25.9 Å². The number of carbonyl (C=O) groups is 1. The Bertz CT molecular complexity index is 444. The van der Waals surface area contributed by atoms with Crippen LogP contribution in [0.1, 0.15) is 25.5 Å². The molecule has 6 heteroatoms. The molecular formula is C13H23N5O. The van der Waals surface area contributed by atoms with Crippen molar-refractivity contribution in [3.63, 3.8) is 0 Å². The van der Waals surface area contributed by atoms with Gasteiger partial charge in [0.05, 0.1) is 6.20 Å². The van der Waals surface area contributed by atoms with Crippen molar-refractivity contribution in [3.05, 3.63) is 18.0 Å². The van der Waals surface area contributed by atoms with Crippen molar-refractivity contribution in [2.75, 3.05) is 26.2 Å². The zero-order valence-corrected chi connectivity index (χ0v) is 11.9. The normalized spacial score (nSPS) is 22.5. The third kappa shape index (κ3) is 2.96. The van der Waals surface area contributed by atoms with Crippen molar-refractivity contribution in [1.82, 2.24) is 19.6 Å². The second kappa shape index (κ2) is 5.71. The predicted molar refractivity (Wildman–Crippen MR) is 73.4 cm³/mol. The van der Waals surface area contributed by atoms with Crippen LogP contribution in [0.15, 0.2) is 12.4 Å². The predicted octanol–water partition coefficient (Wildman–Crippen LogP) is -0.0275. The van der Waals surface area contributed by atoms with Crippen LogP contribution < -0.4 is 5.73 Å². The average molecular weight is 265 g/mol. The molecule has 1 amide bonds. The summed E-state index contributed by atoms with van der Waals surface area (Å²) in [7, 11) is 1.82. The molecule has 2 N–H and O–H groups in total. The highest BCUT2D eigenvalue weighted by molar-refractivity contribution is 5.83. The molecule has 2 atom stereocenters. The number of carbonyl (C=O) groups excluding carboxylic acids is 1. The molecular weight excluding hydrogens is 242 g/mol. The standard InChI is InChI=1S/C13H23N5O/c1-4-17-5-6-18(8-10(17)2)13(19)12(14)11-7-15-16(3)9-11/h7,9-10,12H,4-6,8,14H2,1-3H3. The molecule has 1 aliphatic rings. The van der Waals surface area contributed by atoms with E-state index in [0.717, 1.165) is 31.7 Å². The summed E-state index contributed by atoms with van der Waals surface area (Å²) in [6.07, 6.45) is 3.46. The van der Waals surface area contributed by atoms with E-state index in [1.54, 1.807) is 17.1 Å². The van der Waals surface area contributed by atoms with E-state index in [4.69, 9.17) is 5.73 Å². The Kier molecular flexibility index (Phi) is 4.21. The van der Waals surface area contributed by atoms with Crippen LogP contribution in [0.4, 0.5) is 0 Å². The zero-order chi connectivity index (χ0) is 14.0. The van der Waals surface area contributed by atoms with E-state index in [0.29, 0.717) is 6.04 Å². The van der Waals surface area contributed by atoms with Crippen LogP contribution in [0.3, 0.4) is 0 Å². The summed E-state index contributed by atoms with van der Waals surface area (Å²) in [6.45, 7) is 7.75. The lowest BCUT2D eigenvalue weighted by Gasteiger charge is -2.40. The van der Waals surface area contributed by atoms with Crippen LogP contribution in [0.5, 0.6) is 0 Å². The van der Waals surface area contributed by atoms with E-state index < -0.39 is 6.04 Å². The molecule has 1 saturated heterocycles. The van der Waals surface area contributed by atoms with Crippen LogP contribution in [0, 0.1) is 0 Å². The summed E-state index contributed by atoms with van der Waals surface area (Å²) < 4.78 is 1.67. The van der Waals surface area contributed by atoms with Crippen molar-refractivity contribution < 1.29 is 4.79 Å². The minimum atomic E-state index is -0.603. The fourth-order valence-corrected chi connectivity index (χ4v) is 2.61. The van der Waals surface area contributed by atoms with Crippen LogP contribution in [0.2, 0.25) is 0 Å². The second-order valence-electron chi connectivity index (χ2n) is 5.19. The van der Waals surface area contributed by atoms with Crippen molar-refractivity contribution in [3.8, 4) is 0 Å². The minimum Gasteiger partial charge on any atom is -0.338 e. The first kappa shape index (κ1) is 14.0. The topological polar surface area (TPSA) is 67.4 Å². The maximum absolute atomic E-state index is 12.4. The van der Waals surface area contributed by atoms with E-state index in [2.05, 4.69) is 23.8 Å². The summed E-state index contributed by atoms with van der Waals surface area (Å²) in [5, 5.41) is 4.06. The monoisotopic (exact) mass is 265 g/mol. The van der Waals surface area contributed by atoms with E-state index in [1.807, 2.05) is 11.9 Å². The second-order valence-corrected chi connectivity index (χ2v) is 5.19. The summed E-state index contributed by atoms with van der Waals surface area (Å²) in [6, 6.07) is -0.210.